The molecular formula is C14H17F3N4. The fourth-order valence-electron chi connectivity index (χ4n) is 2.97. The maximum absolute atomic E-state index is 12.9. The molecule has 0 bridgehead atoms. The van der Waals surface area contributed by atoms with Crippen molar-refractivity contribution >= 4 is 11.3 Å². The van der Waals surface area contributed by atoms with Gasteiger partial charge in [-0.1, -0.05) is 6.42 Å². The van der Waals surface area contributed by atoms with Crippen molar-refractivity contribution in [1.29, 1.82) is 0 Å². The van der Waals surface area contributed by atoms with Crippen molar-refractivity contribution < 1.29 is 13.2 Å². The number of rotatable bonds is 2. The second kappa shape index (κ2) is 5.20. The van der Waals surface area contributed by atoms with Crippen LogP contribution in [0, 0.1) is 12.8 Å². The van der Waals surface area contributed by atoms with Crippen LogP contribution < -0.4 is 5.32 Å². The third-order valence-electron chi connectivity index (χ3n) is 3.99. The molecule has 2 aromatic rings. The first-order chi connectivity index (χ1) is 9.93. The minimum absolute atomic E-state index is 0.110. The molecule has 0 amide bonds. The molecule has 21 heavy (non-hydrogen) atoms. The molecule has 3 rings (SSSR count). The molecule has 2 aromatic heterocycles. The van der Waals surface area contributed by atoms with E-state index in [-0.39, 0.29) is 18.9 Å². The number of fused-ring (bicyclic) bond motifs is 1. The van der Waals surface area contributed by atoms with Crippen molar-refractivity contribution in [1.82, 2.24) is 14.6 Å². The summed E-state index contributed by atoms with van der Waals surface area (Å²) in [6.45, 7) is 1.87. The van der Waals surface area contributed by atoms with E-state index in [9.17, 15) is 13.2 Å². The summed E-state index contributed by atoms with van der Waals surface area (Å²) in [5, 5.41) is 7.45. The number of aromatic nitrogens is 3. The summed E-state index contributed by atoms with van der Waals surface area (Å²) in [5.74, 6) is -0.610. The number of nitrogens with zero attached hydrogens (tertiary/aromatic N) is 3. The zero-order chi connectivity index (χ0) is 15.0. The first-order valence-electron chi connectivity index (χ1n) is 7.08. The first-order valence-corrected chi connectivity index (χ1v) is 7.08. The molecule has 2 atom stereocenters. The highest BCUT2D eigenvalue weighted by Gasteiger charge is 2.42. The lowest BCUT2D eigenvalue weighted by molar-refractivity contribution is -0.182. The van der Waals surface area contributed by atoms with Crippen molar-refractivity contribution in [2.75, 3.05) is 5.32 Å². The Kier molecular flexibility index (Phi) is 3.51. The number of aryl methyl sites for hydroxylation is 1. The van der Waals surface area contributed by atoms with Gasteiger partial charge < -0.3 is 5.32 Å². The number of hydrogen-bond donors (Lipinski definition) is 1. The molecule has 114 valence electrons. The van der Waals surface area contributed by atoms with E-state index in [1.807, 2.05) is 13.0 Å². The zero-order valence-electron chi connectivity index (χ0n) is 11.7. The molecule has 1 aliphatic rings. The van der Waals surface area contributed by atoms with Crippen LogP contribution in [0.5, 0.6) is 0 Å². The van der Waals surface area contributed by atoms with Gasteiger partial charge in [-0.25, -0.2) is 9.50 Å². The lowest BCUT2D eigenvalue weighted by Gasteiger charge is -2.31. The summed E-state index contributed by atoms with van der Waals surface area (Å²) >= 11 is 0. The quantitative estimate of drug-likeness (QED) is 0.921. The summed E-state index contributed by atoms with van der Waals surface area (Å²) in [7, 11) is 0. The van der Waals surface area contributed by atoms with E-state index in [0.717, 1.165) is 17.6 Å². The Hall–Kier alpha value is -1.79. The van der Waals surface area contributed by atoms with Gasteiger partial charge in [0.2, 0.25) is 0 Å². The second-order valence-electron chi connectivity index (χ2n) is 5.64. The van der Waals surface area contributed by atoms with Gasteiger partial charge in [0, 0.05) is 18.4 Å². The van der Waals surface area contributed by atoms with Gasteiger partial charge in [0.1, 0.15) is 5.52 Å². The maximum Gasteiger partial charge on any atom is 0.391 e. The number of hydrogen-bond acceptors (Lipinski definition) is 3. The summed E-state index contributed by atoms with van der Waals surface area (Å²) in [6.07, 6.45) is 0.891. The standard InChI is InChI=1S/C14H17F3N4/c1-9-7-12-13(18-5-6-21(12)20-9)19-11-4-2-3-10(8-11)14(15,16)17/h5-7,10-11H,2-4,8H2,1H3,(H,18,19). The van der Waals surface area contributed by atoms with Crippen molar-refractivity contribution in [2.45, 2.75) is 44.8 Å². The molecule has 1 saturated carbocycles. The van der Waals surface area contributed by atoms with Gasteiger partial charge in [-0.3, -0.25) is 0 Å². The highest BCUT2D eigenvalue weighted by Crippen LogP contribution is 2.38. The summed E-state index contributed by atoms with van der Waals surface area (Å²) < 4.78 is 40.2. The van der Waals surface area contributed by atoms with E-state index in [1.54, 1.807) is 16.9 Å². The van der Waals surface area contributed by atoms with E-state index in [4.69, 9.17) is 0 Å². The summed E-state index contributed by atoms with van der Waals surface area (Å²) in [6, 6.07) is 1.68. The van der Waals surface area contributed by atoms with Crippen molar-refractivity contribution in [3.8, 4) is 0 Å². The lowest BCUT2D eigenvalue weighted by Crippen LogP contribution is -2.34. The smallest absolute Gasteiger partial charge is 0.366 e. The van der Waals surface area contributed by atoms with E-state index in [2.05, 4.69) is 15.4 Å². The van der Waals surface area contributed by atoms with Crippen LogP contribution in [0.2, 0.25) is 0 Å². The highest BCUT2D eigenvalue weighted by molar-refractivity contribution is 5.68. The van der Waals surface area contributed by atoms with Crippen LogP contribution in [0.25, 0.3) is 5.52 Å². The van der Waals surface area contributed by atoms with Crippen LogP contribution in [0.15, 0.2) is 18.5 Å². The fraction of sp³-hybridized carbons (Fsp3) is 0.571. The number of alkyl halides is 3. The molecule has 0 aliphatic heterocycles. The molecule has 0 aromatic carbocycles. The van der Waals surface area contributed by atoms with Gasteiger partial charge in [0.05, 0.1) is 11.6 Å². The number of anilines is 1. The van der Waals surface area contributed by atoms with Gasteiger partial charge in [-0.15, -0.1) is 0 Å². The molecule has 7 heteroatoms. The van der Waals surface area contributed by atoms with Gasteiger partial charge in [0.25, 0.3) is 0 Å². The molecule has 0 spiro atoms. The predicted octanol–water partition coefficient (Wildman–Crippen LogP) is 3.57. The van der Waals surface area contributed by atoms with Gasteiger partial charge in [0.15, 0.2) is 5.82 Å². The average Bonchev–Trinajstić information content (AvgIpc) is 2.80. The lowest BCUT2D eigenvalue weighted by atomic mass is 9.85. The van der Waals surface area contributed by atoms with E-state index < -0.39 is 12.1 Å². The Morgan fingerprint density at radius 1 is 1.33 bits per heavy atom. The van der Waals surface area contributed by atoms with Crippen LogP contribution in [0.1, 0.15) is 31.4 Å². The Morgan fingerprint density at radius 2 is 2.14 bits per heavy atom. The van der Waals surface area contributed by atoms with E-state index >= 15 is 0 Å². The summed E-state index contributed by atoms with van der Waals surface area (Å²) in [5.41, 5.74) is 1.65. The van der Waals surface area contributed by atoms with E-state index in [0.29, 0.717) is 12.2 Å². The fourth-order valence-corrected chi connectivity index (χ4v) is 2.97. The third kappa shape index (κ3) is 2.96. The van der Waals surface area contributed by atoms with E-state index in [1.165, 1.54) is 0 Å². The maximum atomic E-state index is 12.9. The zero-order valence-corrected chi connectivity index (χ0v) is 11.7. The van der Waals surface area contributed by atoms with Crippen LogP contribution in [-0.4, -0.2) is 26.8 Å². The monoisotopic (exact) mass is 298 g/mol. The van der Waals surface area contributed by atoms with Crippen LogP contribution in [0.4, 0.5) is 19.0 Å². The molecule has 0 saturated heterocycles. The molecule has 4 nitrogen and oxygen atoms in total. The average molecular weight is 298 g/mol. The largest absolute Gasteiger partial charge is 0.391 e. The molecule has 0 radical (unpaired) electrons. The third-order valence-corrected chi connectivity index (χ3v) is 3.99. The molecular weight excluding hydrogens is 281 g/mol. The molecule has 2 heterocycles. The van der Waals surface area contributed by atoms with Gasteiger partial charge in [-0.2, -0.15) is 18.3 Å². The van der Waals surface area contributed by atoms with Crippen LogP contribution >= 0.6 is 0 Å². The Balaban J connectivity index is 1.79. The van der Waals surface area contributed by atoms with Crippen molar-refractivity contribution in [3.63, 3.8) is 0 Å². The Morgan fingerprint density at radius 3 is 2.90 bits per heavy atom. The number of nitrogens with one attached hydrogen (secondary N) is 1. The normalized spacial score (nSPS) is 23.4. The highest BCUT2D eigenvalue weighted by atomic mass is 19.4. The molecule has 1 N–H and O–H groups in total. The Bertz CT molecular complexity index is 635. The second-order valence-corrected chi connectivity index (χ2v) is 5.64. The number of halogens is 3. The molecule has 1 fully saturated rings. The predicted molar refractivity (Wildman–Crippen MR) is 73.1 cm³/mol. The SMILES string of the molecule is Cc1cc2c(NC3CCCC(C(F)(F)F)C3)nccn2n1. The van der Waals surface area contributed by atoms with Crippen molar-refractivity contribution in [3.05, 3.63) is 24.2 Å². The molecule has 1 aliphatic carbocycles. The van der Waals surface area contributed by atoms with Gasteiger partial charge in [-0.05, 0) is 32.3 Å². The minimum Gasteiger partial charge on any atom is -0.366 e. The van der Waals surface area contributed by atoms with Gasteiger partial charge >= 0.3 is 6.18 Å². The Labute approximate surface area is 120 Å². The van der Waals surface area contributed by atoms with Crippen molar-refractivity contribution in [2.24, 2.45) is 5.92 Å². The summed E-state index contributed by atoms with van der Waals surface area (Å²) in [4.78, 5) is 4.25. The van der Waals surface area contributed by atoms with Crippen LogP contribution in [-0.2, 0) is 0 Å². The van der Waals surface area contributed by atoms with Crippen LogP contribution in [0.3, 0.4) is 0 Å². The topological polar surface area (TPSA) is 42.2 Å². The first kappa shape index (κ1) is 14.2. The molecule has 2 unspecified atom stereocenters. The minimum atomic E-state index is -4.10.